The molecular weight excluding hydrogens is 330 g/mol. The maximum atomic E-state index is 11.8. The number of hydrogen-bond donors (Lipinski definition) is 3. The third-order valence-corrected chi connectivity index (χ3v) is 5.37. The first-order chi connectivity index (χ1) is 10.3. The van der Waals surface area contributed by atoms with E-state index in [2.05, 4.69) is 10.6 Å². The summed E-state index contributed by atoms with van der Waals surface area (Å²) in [6.45, 7) is -0.0250. The van der Waals surface area contributed by atoms with Gasteiger partial charge in [-0.2, -0.15) is 0 Å². The van der Waals surface area contributed by atoms with Crippen LogP contribution >= 0.6 is 11.6 Å². The Morgan fingerprint density at radius 2 is 2.09 bits per heavy atom. The molecule has 0 unspecified atom stereocenters. The first-order valence-corrected chi connectivity index (χ1v) is 8.80. The van der Waals surface area contributed by atoms with Crippen LogP contribution in [0, 0.1) is 0 Å². The molecule has 2 amide bonds. The largest absolute Gasteiger partial charge is 0.376 e. The Labute approximate surface area is 133 Å². The number of carbonyl (C=O) groups is 2. The van der Waals surface area contributed by atoms with Crippen molar-refractivity contribution in [1.29, 1.82) is 0 Å². The number of anilines is 1. The zero-order chi connectivity index (χ0) is 16.3. The number of nitrogens with two attached hydrogens (primary N) is 1. The van der Waals surface area contributed by atoms with Gasteiger partial charge in [0.05, 0.1) is 28.6 Å². The molecule has 1 aromatic rings. The fraction of sp³-hybridized carbons (Fsp3) is 0.385. The summed E-state index contributed by atoms with van der Waals surface area (Å²) in [4.78, 5) is 22.8. The Hall–Kier alpha value is -1.80. The summed E-state index contributed by atoms with van der Waals surface area (Å²) in [6.07, 6.45) is 0.438. The molecule has 1 fully saturated rings. The minimum Gasteiger partial charge on any atom is -0.376 e. The minimum atomic E-state index is -3.02. The lowest BCUT2D eigenvalue weighted by atomic mass is 10.2. The summed E-state index contributed by atoms with van der Waals surface area (Å²) in [5.74, 6) is -0.845. The number of nitrogens with one attached hydrogen (secondary N) is 2. The standard InChI is InChI=1S/C13H16ClN3O4S/c14-11-5-8(1-2-10(11)13(15)19)16-6-12(18)17-9-3-4-22(20,21)7-9/h1-2,5,9,16H,3-4,6-7H2,(H2,15,19)(H,17,18)/t9-/m1/s1. The van der Waals surface area contributed by atoms with E-state index in [-0.39, 0.29) is 40.6 Å². The molecule has 0 bridgehead atoms. The van der Waals surface area contributed by atoms with Crippen LogP contribution in [0.2, 0.25) is 5.02 Å². The molecule has 4 N–H and O–H groups in total. The van der Waals surface area contributed by atoms with Crippen LogP contribution in [-0.2, 0) is 14.6 Å². The Kier molecular flexibility index (Phi) is 4.92. The van der Waals surface area contributed by atoms with E-state index in [9.17, 15) is 18.0 Å². The lowest BCUT2D eigenvalue weighted by Gasteiger charge is -2.12. The number of primary amides is 1. The number of benzene rings is 1. The van der Waals surface area contributed by atoms with Crippen LogP contribution in [0.5, 0.6) is 0 Å². The van der Waals surface area contributed by atoms with Gasteiger partial charge in [-0.3, -0.25) is 9.59 Å². The van der Waals surface area contributed by atoms with Crippen molar-refractivity contribution < 1.29 is 18.0 Å². The van der Waals surface area contributed by atoms with Gasteiger partial charge >= 0.3 is 0 Å². The summed E-state index contributed by atoms with van der Waals surface area (Å²) in [7, 11) is -3.02. The van der Waals surface area contributed by atoms with Gasteiger partial charge in [-0.1, -0.05) is 11.6 Å². The number of carbonyl (C=O) groups excluding carboxylic acids is 2. The zero-order valence-electron chi connectivity index (χ0n) is 11.6. The molecule has 0 aromatic heterocycles. The van der Waals surface area contributed by atoms with Crippen LogP contribution in [0.4, 0.5) is 5.69 Å². The number of hydrogen-bond acceptors (Lipinski definition) is 5. The van der Waals surface area contributed by atoms with E-state index in [1.807, 2.05) is 0 Å². The molecule has 0 radical (unpaired) electrons. The van der Waals surface area contributed by atoms with Crippen molar-refractivity contribution in [2.75, 3.05) is 23.4 Å². The van der Waals surface area contributed by atoms with Crippen molar-refractivity contribution in [3.63, 3.8) is 0 Å². The van der Waals surface area contributed by atoms with Crippen molar-refractivity contribution in [1.82, 2.24) is 5.32 Å². The Bertz CT molecular complexity index is 705. The quantitative estimate of drug-likeness (QED) is 0.702. The van der Waals surface area contributed by atoms with Crippen LogP contribution in [0.15, 0.2) is 18.2 Å². The molecular formula is C13H16ClN3O4S. The van der Waals surface area contributed by atoms with Gasteiger partial charge in [-0.15, -0.1) is 0 Å². The van der Waals surface area contributed by atoms with Crippen LogP contribution in [0.3, 0.4) is 0 Å². The molecule has 7 nitrogen and oxygen atoms in total. The third-order valence-electron chi connectivity index (χ3n) is 3.29. The molecule has 1 aromatic carbocycles. The molecule has 1 aliphatic rings. The molecule has 1 heterocycles. The van der Waals surface area contributed by atoms with Gasteiger partial charge < -0.3 is 16.4 Å². The molecule has 0 spiro atoms. The van der Waals surface area contributed by atoms with Gasteiger partial charge in [0.2, 0.25) is 11.8 Å². The van der Waals surface area contributed by atoms with Gasteiger partial charge in [0.1, 0.15) is 0 Å². The van der Waals surface area contributed by atoms with E-state index in [0.29, 0.717) is 12.1 Å². The SMILES string of the molecule is NC(=O)c1ccc(NCC(=O)N[C@@H]2CCS(=O)(=O)C2)cc1Cl. The molecule has 1 atom stereocenters. The van der Waals surface area contributed by atoms with E-state index >= 15 is 0 Å². The second-order valence-corrected chi connectivity index (χ2v) is 7.72. The molecule has 0 saturated carbocycles. The second kappa shape index (κ2) is 6.53. The number of halogens is 1. The van der Waals surface area contributed by atoms with Crippen LogP contribution in [0.1, 0.15) is 16.8 Å². The maximum Gasteiger partial charge on any atom is 0.250 e. The van der Waals surface area contributed by atoms with E-state index in [1.165, 1.54) is 12.1 Å². The lowest BCUT2D eigenvalue weighted by Crippen LogP contribution is -2.39. The minimum absolute atomic E-state index is 0.0160. The highest BCUT2D eigenvalue weighted by Gasteiger charge is 2.28. The monoisotopic (exact) mass is 345 g/mol. The van der Waals surface area contributed by atoms with E-state index < -0.39 is 15.7 Å². The summed E-state index contributed by atoms with van der Waals surface area (Å²) < 4.78 is 22.6. The van der Waals surface area contributed by atoms with Gasteiger partial charge in [0, 0.05) is 11.7 Å². The number of rotatable bonds is 5. The fourth-order valence-electron chi connectivity index (χ4n) is 2.19. The van der Waals surface area contributed by atoms with E-state index in [4.69, 9.17) is 17.3 Å². The van der Waals surface area contributed by atoms with E-state index in [0.717, 1.165) is 0 Å². The fourth-order valence-corrected chi connectivity index (χ4v) is 4.14. The van der Waals surface area contributed by atoms with E-state index in [1.54, 1.807) is 6.07 Å². The van der Waals surface area contributed by atoms with Crippen LogP contribution < -0.4 is 16.4 Å². The Morgan fingerprint density at radius 1 is 1.36 bits per heavy atom. The average molecular weight is 346 g/mol. The molecule has 9 heteroatoms. The van der Waals surface area contributed by atoms with Gasteiger partial charge in [-0.05, 0) is 24.6 Å². The second-order valence-electron chi connectivity index (χ2n) is 5.08. The van der Waals surface area contributed by atoms with Crippen molar-refractivity contribution in [2.45, 2.75) is 12.5 Å². The molecule has 0 aliphatic carbocycles. The molecule has 1 saturated heterocycles. The Morgan fingerprint density at radius 3 is 2.64 bits per heavy atom. The lowest BCUT2D eigenvalue weighted by molar-refractivity contribution is -0.119. The third kappa shape index (κ3) is 4.35. The van der Waals surface area contributed by atoms with Gasteiger partial charge in [0.15, 0.2) is 9.84 Å². The predicted octanol–water partition coefficient (Wildman–Crippen LogP) is 0.154. The Balaban J connectivity index is 1.86. The van der Waals surface area contributed by atoms with Crippen LogP contribution in [-0.4, -0.2) is 44.3 Å². The highest BCUT2D eigenvalue weighted by atomic mass is 35.5. The molecule has 2 rings (SSSR count). The normalized spacial score (nSPS) is 19.6. The first kappa shape index (κ1) is 16.6. The summed E-state index contributed by atoms with van der Waals surface area (Å²) >= 11 is 5.90. The predicted molar refractivity (Wildman–Crippen MR) is 83.7 cm³/mol. The summed E-state index contributed by atoms with van der Waals surface area (Å²) in [5, 5.41) is 5.70. The number of amides is 2. The van der Waals surface area contributed by atoms with Gasteiger partial charge in [0.25, 0.3) is 0 Å². The van der Waals surface area contributed by atoms with Crippen molar-refractivity contribution >= 4 is 38.9 Å². The first-order valence-electron chi connectivity index (χ1n) is 6.60. The maximum absolute atomic E-state index is 11.8. The highest BCUT2D eigenvalue weighted by Crippen LogP contribution is 2.20. The highest BCUT2D eigenvalue weighted by molar-refractivity contribution is 7.91. The van der Waals surface area contributed by atoms with Crippen molar-refractivity contribution in [2.24, 2.45) is 5.73 Å². The van der Waals surface area contributed by atoms with Gasteiger partial charge in [-0.25, -0.2) is 8.42 Å². The number of sulfone groups is 1. The molecule has 120 valence electrons. The van der Waals surface area contributed by atoms with Crippen LogP contribution in [0.25, 0.3) is 0 Å². The summed E-state index contributed by atoms with van der Waals surface area (Å²) in [5.41, 5.74) is 5.90. The summed E-state index contributed by atoms with van der Waals surface area (Å²) in [6, 6.07) is 4.21. The zero-order valence-corrected chi connectivity index (χ0v) is 13.2. The average Bonchev–Trinajstić information content (AvgIpc) is 2.75. The molecule has 1 aliphatic heterocycles. The van der Waals surface area contributed by atoms with Crippen molar-refractivity contribution in [3.05, 3.63) is 28.8 Å². The topological polar surface area (TPSA) is 118 Å². The molecule has 22 heavy (non-hydrogen) atoms. The smallest absolute Gasteiger partial charge is 0.250 e. The van der Waals surface area contributed by atoms with Crippen molar-refractivity contribution in [3.8, 4) is 0 Å².